The second-order valence-corrected chi connectivity index (χ2v) is 6.16. The number of aromatic carboxylic acids is 1. The molecule has 0 atom stereocenters. The molecule has 0 aliphatic carbocycles. The van der Waals surface area contributed by atoms with Gasteiger partial charge in [-0.1, -0.05) is 17.7 Å². The van der Waals surface area contributed by atoms with E-state index in [-0.39, 0.29) is 33.6 Å². The Hall–Kier alpha value is -2.93. The smallest absolute Gasteiger partial charge is 0.341 e. The normalized spacial score (nSPS) is 11.0. The van der Waals surface area contributed by atoms with Crippen molar-refractivity contribution in [3.8, 4) is 16.9 Å². The molecule has 0 aliphatic heterocycles. The van der Waals surface area contributed by atoms with Gasteiger partial charge in [0.25, 0.3) is 0 Å². The monoisotopic (exact) mass is 393 g/mol. The zero-order valence-electron chi connectivity index (χ0n) is 14.3. The Morgan fingerprint density at radius 3 is 2.56 bits per heavy atom. The zero-order valence-corrected chi connectivity index (χ0v) is 15.1. The van der Waals surface area contributed by atoms with Crippen molar-refractivity contribution in [2.75, 3.05) is 7.11 Å². The van der Waals surface area contributed by atoms with Gasteiger partial charge in [-0.2, -0.15) is 0 Å². The van der Waals surface area contributed by atoms with Gasteiger partial charge in [-0.25, -0.2) is 13.6 Å². The van der Waals surface area contributed by atoms with Gasteiger partial charge < -0.3 is 14.4 Å². The van der Waals surface area contributed by atoms with E-state index in [9.17, 15) is 14.0 Å². The topological polar surface area (TPSA) is 68.5 Å². The van der Waals surface area contributed by atoms with Gasteiger partial charge in [-0.05, 0) is 30.7 Å². The summed E-state index contributed by atoms with van der Waals surface area (Å²) in [6.45, 7) is 1.84. The van der Waals surface area contributed by atoms with Crippen LogP contribution in [0.3, 0.4) is 0 Å². The van der Waals surface area contributed by atoms with E-state index in [1.54, 1.807) is 6.92 Å². The summed E-state index contributed by atoms with van der Waals surface area (Å²) in [6.07, 6.45) is 1.05. The zero-order chi connectivity index (χ0) is 19.9. The maximum Gasteiger partial charge on any atom is 0.341 e. The summed E-state index contributed by atoms with van der Waals surface area (Å²) in [5, 5.41) is 9.00. The molecule has 140 valence electrons. The number of aryl methyl sites for hydroxylation is 1. The third-order valence-electron chi connectivity index (χ3n) is 4.27. The molecule has 1 heterocycles. The molecule has 0 fully saturated rings. The van der Waals surface area contributed by atoms with Crippen LogP contribution in [0.1, 0.15) is 17.3 Å². The predicted octanol–water partition coefficient (Wildman–Crippen LogP) is 4.33. The van der Waals surface area contributed by atoms with Crippen molar-refractivity contribution in [3.05, 3.63) is 62.9 Å². The molecular weight excluding hydrogens is 380 g/mol. The van der Waals surface area contributed by atoms with Gasteiger partial charge in [-0.3, -0.25) is 4.79 Å². The molecule has 0 bridgehead atoms. The van der Waals surface area contributed by atoms with Gasteiger partial charge in [-0.15, -0.1) is 0 Å². The average molecular weight is 394 g/mol. The molecule has 0 amide bonds. The molecule has 0 aliphatic rings. The molecule has 8 heteroatoms. The maximum absolute atomic E-state index is 15.3. The van der Waals surface area contributed by atoms with Gasteiger partial charge in [0.1, 0.15) is 17.1 Å². The van der Waals surface area contributed by atoms with Crippen LogP contribution in [0.4, 0.5) is 8.78 Å². The Balaban J connectivity index is 2.41. The first-order valence-corrected chi connectivity index (χ1v) is 8.30. The molecule has 5 nitrogen and oxygen atoms in total. The highest BCUT2D eigenvalue weighted by atomic mass is 35.5. The number of nitrogens with zero attached hydrogens (tertiary/aromatic N) is 1. The fourth-order valence-corrected chi connectivity index (χ4v) is 3.23. The number of benzene rings is 2. The fourth-order valence-electron chi connectivity index (χ4n) is 2.97. The number of methoxy groups -OCH3 is 1. The Bertz CT molecular complexity index is 1140. The van der Waals surface area contributed by atoms with Gasteiger partial charge in [0.05, 0.1) is 28.6 Å². The highest BCUT2D eigenvalue weighted by molar-refractivity contribution is 6.32. The van der Waals surface area contributed by atoms with Crippen LogP contribution in [-0.2, 0) is 6.54 Å². The number of rotatable bonds is 4. The quantitative estimate of drug-likeness (QED) is 0.716. The third-order valence-corrected chi connectivity index (χ3v) is 4.56. The summed E-state index contributed by atoms with van der Waals surface area (Å²) in [5.41, 5.74) is -1.87. The van der Waals surface area contributed by atoms with Gasteiger partial charge >= 0.3 is 5.97 Å². The lowest BCUT2D eigenvalue weighted by Crippen LogP contribution is -2.20. The number of hydrogen-bond donors (Lipinski definition) is 1. The van der Waals surface area contributed by atoms with Crippen molar-refractivity contribution in [1.82, 2.24) is 4.57 Å². The van der Waals surface area contributed by atoms with Crippen LogP contribution in [0.2, 0.25) is 5.02 Å². The van der Waals surface area contributed by atoms with E-state index in [4.69, 9.17) is 21.4 Å². The Morgan fingerprint density at radius 1 is 1.30 bits per heavy atom. The Morgan fingerprint density at radius 2 is 2.00 bits per heavy atom. The van der Waals surface area contributed by atoms with Crippen molar-refractivity contribution in [3.63, 3.8) is 0 Å². The summed E-state index contributed by atoms with van der Waals surface area (Å²) in [4.78, 5) is 23.6. The minimum atomic E-state index is -1.46. The highest BCUT2D eigenvalue weighted by Gasteiger charge is 2.23. The van der Waals surface area contributed by atoms with Crippen molar-refractivity contribution in [2.24, 2.45) is 0 Å². The first-order chi connectivity index (χ1) is 12.8. The summed E-state index contributed by atoms with van der Waals surface area (Å²) in [6, 6.07) is 5.12. The molecule has 0 saturated carbocycles. The molecular formula is C19H14ClF2NO4. The SMILES string of the molecule is CCn1cc(C(=O)O)c(=O)c2cc(F)c(-c3ccc(OC)c(Cl)c3)c(F)c21. The van der Waals surface area contributed by atoms with Crippen LogP contribution in [0.25, 0.3) is 22.0 Å². The van der Waals surface area contributed by atoms with Crippen molar-refractivity contribution < 1.29 is 23.4 Å². The van der Waals surface area contributed by atoms with E-state index < -0.39 is 28.6 Å². The summed E-state index contributed by atoms with van der Waals surface area (Å²) >= 11 is 6.05. The highest BCUT2D eigenvalue weighted by Crippen LogP contribution is 2.35. The lowest BCUT2D eigenvalue weighted by molar-refractivity contribution is 0.0695. The number of halogens is 3. The predicted molar refractivity (Wildman–Crippen MR) is 97.8 cm³/mol. The Kier molecular flexibility index (Phi) is 4.89. The molecule has 0 radical (unpaired) electrons. The average Bonchev–Trinajstić information content (AvgIpc) is 2.62. The van der Waals surface area contributed by atoms with Crippen LogP contribution in [0.15, 0.2) is 35.3 Å². The lowest BCUT2D eigenvalue weighted by Gasteiger charge is -2.15. The van der Waals surface area contributed by atoms with Crippen molar-refractivity contribution >= 4 is 28.5 Å². The Labute approximate surface area is 157 Å². The summed E-state index contributed by atoms with van der Waals surface area (Å²) in [7, 11) is 1.41. The molecule has 3 aromatic rings. The summed E-state index contributed by atoms with van der Waals surface area (Å²) < 4.78 is 36.3. The second-order valence-electron chi connectivity index (χ2n) is 5.76. The molecule has 0 spiro atoms. The van der Waals surface area contributed by atoms with Crippen LogP contribution >= 0.6 is 11.6 Å². The standard InChI is InChI=1S/C19H14ClF2NO4/c1-3-23-8-11(19(25)26)18(24)10-7-13(21)15(16(22)17(10)23)9-4-5-14(27-2)12(20)6-9/h4-8H,3H2,1-2H3,(H,25,26). The number of ether oxygens (including phenoxy) is 1. The molecule has 0 unspecified atom stereocenters. The van der Waals surface area contributed by atoms with Gasteiger partial charge in [0.15, 0.2) is 5.82 Å². The number of aromatic nitrogens is 1. The van der Waals surface area contributed by atoms with E-state index >= 15 is 4.39 Å². The number of carboxylic acid groups (broad SMARTS) is 1. The molecule has 2 aromatic carbocycles. The van der Waals surface area contributed by atoms with Crippen molar-refractivity contribution in [1.29, 1.82) is 0 Å². The van der Waals surface area contributed by atoms with Crippen LogP contribution in [0.5, 0.6) is 5.75 Å². The lowest BCUT2D eigenvalue weighted by atomic mass is 10.0. The molecule has 27 heavy (non-hydrogen) atoms. The van der Waals surface area contributed by atoms with E-state index in [1.807, 2.05) is 0 Å². The molecule has 3 rings (SSSR count). The number of hydrogen-bond acceptors (Lipinski definition) is 3. The second kappa shape index (κ2) is 7.00. The van der Waals surface area contributed by atoms with Crippen LogP contribution in [0, 0.1) is 11.6 Å². The first-order valence-electron chi connectivity index (χ1n) is 7.92. The van der Waals surface area contributed by atoms with E-state index in [1.165, 1.54) is 29.9 Å². The van der Waals surface area contributed by atoms with Crippen LogP contribution in [-0.4, -0.2) is 22.8 Å². The van der Waals surface area contributed by atoms with Crippen molar-refractivity contribution in [2.45, 2.75) is 13.5 Å². The maximum atomic E-state index is 15.3. The largest absolute Gasteiger partial charge is 0.495 e. The minimum Gasteiger partial charge on any atom is -0.495 e. The van der Waals surface area contributed by atoms with E-state index in [2.05, 4.69) is 0 Å². The minimum absolute atomic E-state index is 0.162. The summed E-state index contributed by atoms with van der Waals surface area (Å²) in [5.74, 6) is -3.08. The number of fused-ring (bicyclic) bond motifs is 1. The molecule has 1 aromatic heterocycles. The third kappa shape index (κ3) is 3.04. The van der Waals surface area contributed by atoms with Crippen LogP contribution < -0.4 is 10.2 Å². The molecule has 0 saturated heterocycles. The van der Waals surface area contributed by atoms with E-state index in [0.717, 1.165) is 12.3 Å². The number of pyridine rings is 1. The fraction of sp³-hybridized carbons (Fsp3) is 0.158. The van der Waals surface area contributed by atoms with Gasteiger partial charge in [0, 0.05) is 12.7 Å². The number of carbonyl (C=O) groups is 1. The van der Waals surface area contributed by atoms with Gasteiger partial charge in [0.2, 0.25) is 5.43 Å². The van der Waals surface area contributed by atoms with E-state index in [0.29, 0.717) is 5.75 Å². The number of carboxylic acids is 1. The molecule has 1 N–H and O–H groups in total. The first kappa shape index (κ1) is 18.8.